The third-order valence-electron chi connectivity index (χ3n) is 3.16. The Morgan fingerprint density at radius 2 is 2.35 bits per heavy atom. The normalized spacial score (nSPS) is 23.4. The highest BCUT2D eigenvalue weighted by Crippen LogP contribution is 2.04. The first-order chi connectivity index (χ1) is 8.21. The van der Waals surface area contributed by atoms with Crippen LogP contribution in [-0.4, -0.2) is 62.9 Å². The lowest BCUT2D eigenvalue weighted by atomic mass is 10.2. The molecule has 0 spiro atoms. The van der Waals surface area contributed by atoms with Crippen molar-refractivity contribution >= 4 is 5.97 Å². The number of morpholine rings is 1. The van der Waals surface area contributed by atoms with Crippen molar-refractivity contribution < 1.29 is 14.3 Å². The van der Waals surface area contributed by atoms with Gasteiger partial charge < -0.3 is 14.8 Å². The number of rotatable bonds is 6. The molecule has 1 fully saturated rings. The van der Waals surface area contributed by atoms with Crippen molar-refractivity contribution in [3.8, 4) is 0 Å². The average Bonchev–Trinajstić information content (AvgIpc) is 2.39. The number of likely N-dealkylation sites (N-methyl/N-ethyl adjacent to an activating group) is 1. The maximum atomic E-state index is 11.4. The van der Waals surface area contributed by atoms with Gasteiger partial charge in [-0.25, -0.2) is 0 Å². The van der Waals surface area contributed by atoms with Gasteiger partial charge in [0.05, 0.1) is 19.8 Å². The molecule has 2 unspecified atom stereocenters. The molecular weight excluding hydrogens is 220 g/mol. The third kappa shape index (κ3) is 4.61. The number of methoxy groups -OCH3 is 1. The molecule has 1 aliphatic heterocycles. The maximum absolute atomic E-state index is 11.4. The summed E-state index contributed by atoms with van der Waals surface area (Å²) in [6, 6.07) is -0.222. The molecule has 1 N–H and O–H groups in total. The molecule has 100 valence electrons. The van der Waals surface area contributed by atoms with Crippen molar-refractivity contribution in [2.75, 3.05) is 39.9 Å². The highest BCUT2D eigenvalue weighted by molar-refractivity contribution is 5.75. The summed E-state index contributed by atoms with van der Waals surface area (Å²) in [6.45, 7) is 8.57. The van der Waals surface area contributed by atoms with Gasteiger partial charge in [0.1, 0.15) is 6.04 Å². The quantitative estimate of drug-likeness (QED) is 0.679. The lowest BCUT2D eigenvalue weighted by Gasteiger charge is -2.32. The predicted molar refractivity (Wildman–Crippen MR) is 66.0 cm³/mol. The second-order valence-electron chi connectivity index (χ2n) is 4.28. The van der Waals surface area contributed by atoms with E-state index in [4.69, 9.17) is 9.47 Å². The molecule has 1 rings (SSSR count). The molecule has 2 atom stereocenters. The second-order valence-corrected chi connectivity index (χ2v) is 4.28. The summed E-state index contributed by atoms with van der Waals surface area (Å²) < 4.78 is 10.4. The molecule has 0 aliphatic carbocycles. The molecule has 5 heteroatoms. The first-order valence-corrected chi connectivity index (χ1v) is 6.36. The van der Waals surface area contributed by atoms with Crippen molar-refractivity contribution in [2.45, 2.75) is 32.4 Å². The van der Waals surface area contributed by atoms with Crippen LogP contribution in [-0.2, 0) is 14.3 Å². The van der Waals surface area contributed by atoms with E-state index in [0.29, 0.717) is 6.54 Å². The minimum absolute atomic E-state index is 0.169. The zero-order chi connectivity index (χ0) is 12.7. The Kier molecular flexibility index (Phi) is 6.47. The van der Waals surface area contributed by atoms with Crippen molar-refractivity contribution in [3.63, 3.8) is 0 Å². The molecule has 0 radical (unpaired) electrons. The lowest BCUT2D eigenvalue weighted by Crippen LogP contribution is -2.49. The monoisotopic (exact) mass is 244 g/mol. The fourth-order valence-corrected chi connectivity index (χ4v) is 2.00. The van der Waals surface area contributed by atoms with Crippen LogP contribution in [0.15, 0.2) is 0 Å². The second kappa shape index (κ2) is 7.63. The average molecular weight is 244 g/mol. The summed E-state index contributed by atoms with van der Waals surface area (Å²) in [5.41, 5.74) is 0. The van der Waals surface area contributed by atoms with Gasteiger partial charge in [-0.1, -0.05) is 13.8 Å². The van der Waals surface area contributed by atoms with Crippen LogP contribution in [0.4, 0.5) is 0 Å². The maximum Gasteiger partial charge on any atom is 0.322 e. The number of carbonyl (C=O) groups excluding carboxylic acids is 1. The Labute approximate surface area is 103 Å². The number of hydrogen-bond donors (Lipinski definition) is 1. The van der Waals surface area contributed by atoms with E-state index >= 15 is 0 Å². The highest BCUT2D eigenvalue weighted by Gasteiger charge is 2.22. The van der Waals surface area contributed by atoms with Crippen molar-refractivity contribution in [1.82, 2.24) is 10.2 Å². The van der Waals surface area contributed by atoms with Crippen LogP contribution in [0.2, 0.25) is 0 Å². The molecule has 0 aromatic rings. The molecule has 1 aliphatic rings. The third-order valence-corrected chi connectivity index (χ3v) is 3.16. The first-order valence-electron chi connectivity index (χ1n) is 6.36. The molecule has 1 heterocycles. The minimum atomic E-state index is -0.222. The van der Waals surface area contributed by atoms with E-state index in [9.17, 15) is 4.79 Å². The van der Waals surface area contributed by atoms with E-state index in [1.165, 1.54) is 7.11 Å². The first kappa shape index (κ1) is 14.4. The van der Waals surface area contributed by atoms with Crippen LogP contribution < -0.4 is 5.32 Å². The molecular formula is C12H24N2O3. The molecule has 1 saturated heterocycles. The van der Waals surface area contributed by atoms with Crippen LogP contribution in [0.5, 0.6) is 0 Å². The summed E-state index contributed by atoms with van der Waals surface area (Å²) in [6.07, 6.45) is 0.902. The van der Waals surface area contributed by atoms with Crippen molar-refractivity contribution in [1.29, 1.82) is 0 Å². The number of carbonyl (C=O) groups is 1. The van der Waals surface area contributed by atoms with E-state index in [1.54, 1.807) is 0 Å². The Hall–Kier alpha value is -0.650. The SMILES string of the molecule is CCC(NCC1CN(CC)CCO1)C(=O)OC. The molecule has 0 saturated carbocycles. The summed E-state index contributed by atoms with van der Waals surface area (Å²) >= 11 is 0. The fourth-order valence-electron chi connectivity index (χ4n) is 2.00. The molecule has 0 aromatic carbocycles. The summed E-state index contributed by atoms with van der Waals surface area (Å²) in [4.78, 5) is 13.8. The van der Waals surface area contributed by atoms with Crippen LogP contribution in [0, 0.1) is 0 Å². The number of hydrogen-bond acceptors (Lipinski definition) is 5. The van der Waals surface area contributed by atoms with Crippen LogP contribution in [0.25, 0.3) is 0 Å². The number of esters is 1. The minimum Gasteiger partial charge on any atom is -0.468 e. The zero-order valence-electron chi connectivity index (χ0n) is 11.1. The van der Waals surface area contributed by atoms with Crippen LogP contribution in [0.1, 0.15) is 20.3 Å². The van der Waals surface area contributed by atoms with Gasteiger partial charge in [-0.05, 0) is 13.0 Å². The highest BCUT2D eigenvalue weighted by atomic mass is 16.5. The van der Waals surface area contributed by atoms with Gasteiger partial charge in [0.2, 0.25) is 0 Å². The number of nitrogens with one attached hydrogen (secondary N) is 1. The van der Waals surface area contributed by atoms with E-state index < -0.39 is 0 Å². The van der Waals surface area contributed by atoms with Gasteiger partial charge >= 0.3 is 5.97 Å². The zero-order valence-corrected chi connectivity index (χ0v) is 11.1. The van der Waals surface area contributed by atoms with Crippen LogP contribution >= 0.6 is 0 Å². The van der Waals surface area contributed by atoms with Gasteiger partial charge in [-0.2, -0.15) is 0 Å². The standard InChI is InChI=1S/C12H24N2O3/c1-4-11(12(15)16-3)13-8-10-9-14(5-2)6-7-17-10/h10-11,13H,4-9H2,1-3H3. The van der Waals surface area contributed by atoms with Gasteiger partial charge in [0.15, 0.2) is 0 Å². The fraction of sp³-hybridized carbons (Fsp3) is 0.917. The molecule has 17 heavy (non-hydrogen) atoms. The molecule has 0 aromatic heterocycles. The van der Waals surface area contributed by atoms with Crippen molar-refractivity contribution in [3.05, 3.63) is 0 Å². The number of nitrogens with zero attached hydrogens (tertiary/aromatic N) is 1. The smallest absolute Gasteiger partial charge is 0.322 e. The van der Waals surface area contributed by atoms with Gasteiger partial charge in [-0.3, -0.25) is 9.69 Å². The van der Waals surface area contributed by atoms with Gasteiger partial charge in [0.25, 0.3) is 0 Å². The van der Waals surface area contributed by atoms with E-state index in [2.05, 4.69) is 17.1 Å². The van der Waals surface area contributed by atoms with Gasteiger partial charge in [0, 0.05) is 19.6 Å². The lowest BCUT2D eigenvalue weighted by molar-refractivity contribution is -0.143. The van der Waals surface area contributed by atoms with E-state index in [0.717, 1.165) is 32.7 Å². The van der Waals surface area contributed by atoms with E-state index in [1.807, 2.05) is 6.92 Å². The predicted octanol–water partition coefficient (Wildman–Crippen LogP) is 0.248. The Morgan fingerprint density at radius 3 is 2.94 bits per heavy atom. The summed E-state index contributed by atoms with van der Waals surface area (Å²) in [5, 5.41) is 3.21. The summed E-state index contributed by atoms with van der Waals surface area (Å²) in [5.74, 6) is -0.198. The largest absolute Gasteiger partial charge is 0.468 e. The van der Waals surface area contributed by atoms with Crippen molar-refractivity contribution in [2.24, 2.45) is 0 Å². The summed E-state index contributed by atoms with van der Waals surface area (Å²) in [7, 11) is 1.42. The molecule has 5 nitrogen and oxygen atoms in total. The Balaban J connectivity index is 2.30. The number of ether oxygens (including phenoxy) is 2. The molecule has 0 amide bonds. The topological polar surface area (TPSA) is 50.8 Å². The van der Waals surface area contributed by atoms with Crippen LogP contribution in [0.3, 0.4) is 0 Å². The molecule has 0 bridgehead atoms. The van der Waals surface area contributed by atoms with E-state index in [-0.39, 0.29) is 18.1 Å². The Bertz CT molecular complexity index is 236. The van der Waals surface area contributed by atoms with Gasteiger partial charge in [-0.15, -0.1) is 0 Å². The Morgan fingerprint density at radius 1 is 1.59 bits per heavy atom.